The van der Waals surface area contributed by atoms with Gasteiger partial charge in [-0.2, -0.15) is 0 Å². The van der Waals surface area contributed by atoms with Crippen molar-refractivity contribution in [3.05, 3.63) is 23.5 Å². The van der Waals surface area contributed by atoms with Gasteiger partial charge >= 0.3 is 0 Å². The van der Waals surface area contributed by atoms with E-state index in [1.54, 1.807) is 11.3 Å². The molecule has 0 aromatic carbocycles. The van der Waals surface area contributed by atoms with Crippen LogP contribution in [0.2, 0.25) is 0 Å². The molecule has 2 aromatic heterocycles. The zero-order valence-electron chi connectivity index (χ0n) is 11.5. The molecule has 4 saturated carbocycles. The lowest BCUT2D eigenvalue weighted by Gasteiger charge is -2.59. The molecule has 0 saturated heterocycles. The maximum Gasteiger partial charge on any atom is 0.193 e. The molecule has 0 radical (unpaired) electrons. The number of hydrogen-bond donors (Lipinski definition) is 1. The molecule has 0 unspecified atom stereocenters. The van der Waals surface area contributed by atoms with E-state index in [9.17, 15) is 5.11 Å². The van der Waals surface area contributed by atoms with Crippen LogP contribution >= 0.6 is 11.3 Å². The Hall–Kier alpha value is -0.870. The molecule has 0 amide bonds. The van der Waals surface area contributed by atoms with Crippen molar-refractivity contribution in [3.63, 3.8) is 0 Å². The van der Waals surface area contributed by atoms with E-state index in [4.69, 9.17) is 4.98 Å². The minimum absolute atomic E-state index is 0.475. The summed E-state index contributed by atoms with van der Waals surface area (Å²) in [7, 11) is 0. The van der Waals surface area contributed by atoms with E-state index in [-0.39, 0.29) is 0 Å². The Morgan fingerprint density at radius 2 is 1.90 bits per heavy atom. The van der Waals surface area contributed by atoms with Gasteiger partial charge in [-0.05, 0) is 55.8 Å². The molecule has 6 rings (SSSR count). The summed E-state index contributed by atoms with van der Waals surface area (Å²) < 4.78 is 2.08. The maximum absolute atomic E-state index is 11.4. The molecular formula is C16H20N2OS. The van der Waals surface area contributed by atoms with Gasteiger partial charge in [-0.15, -0.1) is 11.3 Å². The highest BCUT2D eigenvalue weighted by molar-refractivity contribution is 7.15. The van der Waals surface area contributed by atoms with Crippen LogP contribution in [-0.2, 0) is 6.42 Å². The lowest BCUT2D eigenvalue weighted by molar-refractivity contribution is -0.172. The van der Waals surface area contributed by atoms with Crippen molar-refractivity contribution in [2.24, 2.45) is 23.7 Å². The van der Waals surface area contributed by atoms with Crippen molar-refractivity contribution in [3.8, 4) is 0 Å². The summed E-state index contributed by atoms with van der Waals surface area (Å²) in [6.07, 6.45) is 11.4. The number of hydrogen-bond acceptors (Lipinski definition) is 3. The maximum atomic E-state index is 11.4. The topological polar surface area (TPSA) is 37.5 Å². The Kier molecular flexibility index (Phi) is 2.27. The lowest BCUT2D eigenvalue weighted by atomic mass is 9.49. The highest BCUT2D eigenvalue weighted by atomic mass is 32.1. The van der Waals surface area contributed by atoms with Crippen LogP contribution in [-0.4, -0.2) is 20.1 Å². The third-order valence-electron chi connectivity index (χ3n) is 6.16. The summed E-state index contributed by atoms with van der Waals surface area (Å²) in [5.41, 5.74) is 0.601. The highest BCUT2D eigenvalue weighted by Crippen LogP contribution is 2.58. The van der Waals surface area contributed by atoms with E-state index in [1.807, 2.05) is 0 Å². The Bertz CT molecular complexity index is 602. The van der Waals surface area contributed by atoms with E-state index in [0.717, 1.165) is 28.9 Å². The van der Waals surface area contributed by atoms with Crippen LogP contribution in [0.25, 0.3) is 4.96 Å². The first-order chi connectivity index (χ1) is 9.70. The average molecular weight is 288 g/mol. The van der Waals surface area contributed by atoms with Crippen molar-refractivity contribution in [2.45, 2.75) is 44.1 Å². The van der Waals surface area contributed by atoms with Gasteiger partial charge in [0.25, 0.3) is 0 Å². The molecule has 3 nitrogen and oxygen atoms in total. The van der Waals surface area contributed by atoms with Crippen molar-refractivity contribution >= 4 is 16.3 Å². The van der Waals surface area contributed by atoms with Gasteiger partial charge in [0.05, 0.1) is 11.3 Å². The second-order valence-corrected chi connectivity index (χ2v) is 8.17. The largest absolute Gasteiger partial charge is 0.389 e. The molecule has 4 aliphatic carbocycles. The van der Waals surface area contributed by atoms with Gasteiger partial charge in [0.15, 0.2) is 4.96 Å². The summed E-state index contributed by atoms with van der Waals surface area (Å²) >= 11 is 1.67. The molecule has 0 spiro atoms. The molecule has 2 heterocycles. The highest BCUT2D eigenvalue weighted by Gasteiger charge is 2.56. The van der Waals surface area contributed by atoms with Crippen LogP contribution in [0.15, 0.2) is 17.8 Å². The standard InChI is InChI=1S/C16H20N2OS/c19-16(8-14-9-18-1-2-20-15(18)17-14)12-4-10-3-11(6-12)7-13(16)5-10/h1-2,9-13,19H,3-8H2. The minimum Gasteiger partial charge on any atom is -0.389 e. The quantitative estimate of drug-likeness (QED) is 0.922. The number of fused-ring (bicyclic) bond motifs is 1. The van der Waals surface area contributed by atoms with Crippen molar-refractivity contribution in [1.82, 2.24) is 9.38 Å². The van der Waals surface area contributed by atoms with Crippen LogP contribution in [0.5, 0.6) is 0 Å². The number of thiazole rings is 1. The summed E-state index contributed by atoms with van der Waals surface area (Å²) in [5, 5.41) is 13.4. The molecule has 4 fully saturated rings. The third-order valence-corrected chi connectivity index (χ3v) is 6.93. The van der Waals surface area contributed by atoms with Crippen molar-refractivity contribution in [1.29, 1.82) is 0 Å². The summed E-state index contributed by atoms with van der Waals surface area (Å²) in [5.74, 6) is 2.86. The number of aliphatic hydroxyl groups is 1. The third kappa shape index (κ3) is 1.52. The van der Waals surface area contributed by atoms with Crippen LogP contribution in [0.3, 0.4) is 0 Å². The SMILES string of the molecule is OC1(Cc2cn3ccsc3n2)C2CC3CC(C2)CC1C3. The van der Waals surface area contributed by atoms with Gasteiger partial charge in [0, 0.05) is 24.2 Å². The Labute approximate surface area is 122 Å². The fraction of sp³-hybridized carbons (Fsp3) is 0.688. The monoisotopic (exact) mass is 288 g/mol. The number of aromatic nitrogens is 2. The number of rotatable bonds is 2. The van der Waals surface area contributed by atoms with Crippen molar-refractivity contribution < 1.29 is 5.11 Å². The molecule has 1 N–H and O–H groups in total. The molecule has 106 valence electrons. The van der Waals surface area contributed by atoms with E-state index in [2.05, 4.69) is 22.2 Å². The predicted octanol–water partition coefficient (Wildman–Crippen LogP) is 3.13. The molecular weight excluding hydrogens is 268 g/mol. The fourth-order valence-electron chi connectivity index (χ4n) is 5.44. The Morgan fingerprint density at radius 3 is 2.55 bits per heavy atom. The van der Waals surface area contributed by atoms with E-state index < -0.39 is 5.60 Å². The zero-order valence-corrected chi connectivity index (χ0v) is 12.4. The second-order valence-electron chi connectivity index (χ2n) is 7.30. The molecule has 4 heteroatoms. The molecule has 2 aromatic rings. The molecule has 0 atom stereocenters. The normalized spacial score (nSPS) is 42.6. The second kappa shape index (κ2) is 3.86. The number of nitrogens with zero attached hydrogens (tertiary/aromatic N) is 2. The summed E-state index contributed by atoms with van der Waals surface area (Å²) in [6, 6.07) is 0. The first-order valence-corrected chi connectivity index (χ1v) is 8.72. The predicted molar refractivity (Wildman–Crippen MR) is 78.8 cm³/mol. The first kappa shape index (κ1) is 11.8. The van der Waals surface area contributed by atoms with Gasteiger partial charge in [-0.3, -0.25) is 4.40 Å². The molecule has 20 heavy (non-hydrogen) atoms. The van der Waals surface area contributed by atoms with E-state index in [0.29, 0.717) is 11.8 Å². The molecule has 4 aliphatic rings. The fourth-order valence-corrected chi connectivity index (χ4v) is 6.16. The lowest BCUT2D eigenvalue weighted by Crippen LogP contribution is -2.58. The average Bonchev–Trinajstić information content (AvgIpc) is 2.96. The van der Waals surface area contributed by atoms with Gasteiger partial charge in [-0.25, -0.2) is 4.98 Å². The van der Waals surface area contributed by atoms with Crippen LogP contribution < -0.4 is 0 Å². The van der Waals surface area contributed by atoms with E-state index >= 15 is 0 Å². The van der Waals surface area contributed by atoms with Crippen molar-refractivity contribution in [2.75, 3.05) is 0 Å². The summed E-state index contributed by atoms with van der Waals surface area (Å²) in [4.78, 5) is 5.74. The van der Waals surface area contributed by atoms with Gasteiger partial charge in [0.2, 0.25) is 0 Å². The summed E-state index contributed by atoms with van der Waals surface area (Å²) in [6.45, 7) is 0. The van der Waals surface area contributed by atoms with Gasteiger partial charge < -0.3 is 5.11 Å². The Morgan fingerprint density at radius 1 is 1.20 bits per heavy atom. The smallest absolute Gasteiger partial charge is 0.193 e. The first-order valence-electron chi connectivity index (χ1n) is 7.84. The molecule has 4 bridgehead atoms. The van der Waals surface area contributed by atoms with Crippen LogP contribution in [0, 0.1) is 23.7 Å². The minimum atomic E-state index is -0.475. The van der Waals surface area contributed by atoms with Crippen LogP contribution in [0.4, 0.5) is 0 Å². The van der Waals surface area contributed by atoms with Crippen LogP contribution in [0.1, 0.15) is 37.8 Å². The van der Waals surface area contributed by atoms with Gasteiger partial charge in [-0.1, -0.05) is 0 Å². The zero-order chi connectivity index (χ0) is 13.3. The molecule has 0 aliphatic heterocycles. The van der Waals surface area contributed by atoms with Gasteiger partial charge in [0.1, 0.15) is 0 Å². The number of imidazole rings is 1. The Balaban J connectivity index is 1.48. The van der Waals surface area contributed by atoms with E-state index in [1.165, 1.54) is 32.1 Å².